The van der Waals surface area contributed by atoms with Crippen molar-refractivity contribution in [2.24, 2.45) is 0 Å². The molecule has 0 spiro atoms. The summed E-state index contributed by atoms with van der Waals surface area (Å²) in [7, 11) is -4.13. The number of hydrogen-bond donors (Lipinski definition) is 0. The normalized spacial score (nSPS) is 18.1. The van der Waals surface area contributed by atoms with Gasteiger partial charge in [-0.2, -0.15) is 17.5 Å². The second kappa shape index (κ2) is 7.72. The average Bonchev–Trinajstić information content (AvgIpc) is 3.17. The van der Waals surface area contributed by atoms with Gasteiger partial charge < -0.3 is 4.74 Å². The lowest BCUT2D eigenvalue weighted by atomic mass is 10.2. The second-order valence-corrected chi connectivity index (χ2v) is 9.21. The molecule has 1 aliphatic rings. The Morgan fingerprint density at radius 3 is 2.67 bits per heavy atom. The van der Waals surface area contributed by atoms with Gasteiger partial charge in [0.25, 0.3) is 0 Å². The lowest BCUT2D eigenvalue weighted by Crippen LogP contribution is -2.31. The molecule has 0 saturated carbocycles. The molecule has 3 aromatic rings. The van der Waals surface area contributed by atoms with Gasteiger partial charge in [-0.1, -0.05) is 29.8 Å². The van der Waals surface area contributed by atoms with Gasteiger partial charge in [0, 0.05) is 18.1 Å². The van der Waals surface area contributed by atoms with E-state index in [4.69, 9.17) is 16.3 Å². The highest BCUT2D eigenvalue weighted by atomic mass is 35.5. The van der Waals surface area contributed by atoms with E-state index < -0.39 is 37.8 Å². The van der Waals surface area contributed by atoms with Crippen LogP contribution in [-0.4, -0.2) is 36.9 Å². The van der Waals surface area contributed by atoms with Gasteiger partial charge in [-0.05, 0) is 36.8 Å². The van der Waals surface area contributed by atoms with E-state index in [1.54, 1.807) is 18.3 Å². The molecule has 2 aromatic carbocycles. The minimum Gasteiger partial charge on any atom is -0.487 e. The summed E-state index contributed by atoms with van der Waals surface area (Å²) >= 11 is 5.60. The maximum Gasteiger partial charge on any atom is 0.417 e. The highest BCUT2D eigenvalue weighted by Crippen LogP contribution is 2.37. The summed E-state index contributed by atoms with van der Waals surface area (Å²) in [5.41, 5.74) is -0.520. The third-order valence-corrected chi connectivity index (χ3v) is 7.07. The van der Waals surface area contributed by atoms with Gasteiger partial charge in [-0.15, -0.1) is 0 Å². The number of fused-ring (bicyclic) bond motifs is 1. The van der Waals surface area contributed by atoms with Crippen LogP contribution >= 0.6 is 11.6 Å². The van der Waals surface area contributed by atoms with Crippen LogP contribution in [0.25, 0.3) is 10.9 Å². The molecule has 0 N–H and O–H groups in total. The number of rotatable bonds is 4. The van der Waals surface area contributed by atoms with Gasteiger partial charge in [0.15, 0.2) is 0 Å². The predicted octanol–water partition coefficient (Wildman–Crippen LogP) is 4.75. The number of sulfonamides is 1. The van der Waals surface area contributed by atoms with E-state index in [2.05, 4.69) is 4.98 Å². The number of para-hydroxylation sites is 1. The SMILES string of the molecule is O=S(=O)(c1ccc(Cl)c(C(F)(F)F)c1)N1CCC(Oc2cccc3cccnc23)C1. The first kappa shape index (κ1) is 20.9. The number of ether oxygens (including phenoxy) is 1. The van der Waals surface area contributed by atoms with E-state index in [1.165, 1.54) is 0 Å². The first-order valence-corrected chi connectivity index (χ1v) is 10.9. The largest absolute Gasteiger partial charge is 0.487 e. The summed E-state index contributed by atoms with van der Waals surface area (Å²) in [6.45, 7) is 0.157. The number of nitrogens with zero attached hydrogens (tertiary/aromatic N) is 2. The highest BCUT2D eigenvalue weighted by Gasteiger charge is 2.37. The summed E-state index contributed by atoms with van der Waals surface area (Å²) in [5.74, 6) is 0.531. The molecule has 158 valence electrons. The molecule has 4 rings (SSSR count). The summed E-state index contributed by atoms with van der Waals surface area (Å²) < 4.78 is 72.2. The average molecular weight is 457 g/mol. The Bertz CT molecular complexity index is 1200. The minimum atomic E-state index is -4.75. The Morgan fingerprint density at radius 2 is 1.90 bits per heavy atom. The van der Waals surface area contributed by atoms with Crippen molar-refractivity contribution in [3.05, 3.63) is 65.3 Å². The zero-order valence-electron chi connectivity index (χ0n) is 15.4. The molecule has 2 heterocycles. The molecule has 0 aliphatic carbocycles. The van der Waals surface area contributed by atoms with Gasteiger partial charge in [-0.3, -0.25) is 4.98 Å². The first-order valence-electron chi connectivity index (χ1n) is 9.03. The number of halogens is 4. The molecule has 0 amide bonds. The summed E-state index contributed by atoms with van der Waals surface area (Å²) in [4.78, 5) is 3.85. The van der Waals surface area contributed by atoms with Gasteiger partial charge in [0.1, 0.15) is 17.4 Å². The molecule has 1 aliphatic heterocycles. The Labute approximate surface area is 176 Å². The predicted molar refractivity (Wildman–Crippen MR) is 106 cm³/mol. The van der Waals surface area contributed by atoms with Crippen molar-refractivity contribution in [2.75, 3.05) is 13.1 Å². The second-order valence-electron chi connectivity index (χ2n) is 6.86. The van der Waals surface area contributed by atoms with Crippen molar-refractivity contribution >= 4 is 32.5 Å². The molecule has 0 bridgehead atoms. The first-order chi connectivity index (χ1) is 14.2. The summed E-state index contributed by atoms with van der Waals surface area (Å²) in [5, 5.41) is 0.339. The van der Waals surface area contributed by atoms with Crippen LogP contribution < -0.4 is 4.74 Å². The topological polar surface area (TPSA) is 59.5 Å². The van der Waals surface area contributed by atoms with Crippen molar-refractivity contribution in [3.8, 4) is 5.75 Å². The smallest absolute Gasteiger partial charge is 0.417 e. The number of hydrogen-bond acceptors (Lipinski definition) is 4. The van der Waals surface area contributed by atoms with Crippen molar-refractivity contribution < 1.29 is 26.3 Å². The van der Waals surface area contributed by atoms with Crippen molar-refractivity contribution in [3.63, 3.8) is 0 Å². The lowest BCUT2D eigenvalue weighted by molar-refractivity contribution is -0.137. The van der Waals surface area contributed by atoms with E-state index in [0.717, 1.165) is 21.8 Å². The van der Waals surface area contributed by atoms with E-state index >= 15 is 0 Å². The molecule has 1 saturated heterocycles. The van der Waals surface area contributed by atoms with Crippen LogP contribution in [0.15, 0.2) is 59.6 Å². The molecule has 1 fully saturated rings. The molecule has 1 unspecified atom stereocenters. The van der Waals surface area contributed by atoms with Gasteiger partial charge in [-0.25, -0.2) is 8.42 Å². The van der Waals surface area contributed by atoms with Crippen LogP contribution in [0.1, 0.15) is 12.0 Å². The lowest BCUT2D eigenvalue weighted by Gasteiger charge is -2.19. The molecular weight excluding hydrogens is 441 g/mol. The van der Waals surface area contributed by atoms with Crippen molar-refractivity contribution in [1.82, 2.24) is 9.29 Å². The van der Waals surface area contributed by atoms with E-state index in [0.29, 0.717) is 23.8 Å². The Balaban J connectivity index is 1.55. The standard InChI is InChI=1S/C20H16ClF3N2O3S/c21-17-7-6-15(11-16(17)20(22,23)24)30(27,28)26-10-8-14(12-26)29-18-5-1-3-13-4-2-9-25-19(13)18/h1-7,9,11,14H,8,10,12H2. The van der Waals surface area contributed by atoms with Crippen LogP contribution in [0.5, 0.6) is 5.75 Å². The molecule has 1 aromatic heterocycles. The van der Waals surface area contributed by atoms with Gasteiger partial charge >= 0.3 is 6.18 Å². The number of alkyl halides is 3. The van der Waals surface area contributed by atoms with Gasteiger partial charge in [0.2, 0.25) is 10.0 Å². The molecule has 5 nitrogen and oxygen atoms in total. The zero-order valence-corrected chi connectivity index (χ0v) is 17.0. The van der Waals surface area contributed by atoms with Crippen molar-refractivity contribution in [2.45, 2.75) is 23.6 Å². The van der Waals surface area contributed by atoms with E-state index in [-0.39, 0.29) is 13.1 Å². The van der Waals surface area contributed by atoms with Crippen LogP contribution in [0, 0.1) is 0 Å². The molecule has 30 heavy (non-hydrogen) atoms. The fourth-order valence-corrected chi connectivity index (χ4v) is 5.13. The van der Waals surface area contributed by atoms with E-state index in [1.807, 2.05) is 18.2 Å². The van der Waals surface area contributed by atoms with Crippen LogP contribution in [0.2, 0.25) is 5.02 Å². The third kappa shape index (κ3) is 3.97. The van der Waals surface area contributed by atoms with Crippen molar-refractivity contribution in [1.29, 1.82) is 0 Å². The number of pyridine rings is 1. The van der Waals surface area contributed by atoms with E-state index in [9.17, 15) is 21.6 Å². The Hall–Kier alpha value is -2.36. The number of aromatic nitrogens is 1. The molecule has 0 radical (unpaired) electrons. The summed E-state index contributed by atoms with van der Waals surface area (Å²) in [6.07, 6.45) is -3.15. The fraction of sp³-hybridized carbons (Fsp3) is 0.250. The third-order valence-electron chi connectivity index (χ3n) is 4.88. The minimum absolute atomic E-state index is 0.0233. The van der Waals surface area contributed by atoms with Crippen LogP contribution in [0.3, 0.4) is 0 Å². The van der Waals surface area contributed by atoms with Crippen LogP contribution in [0.4, 0.5) is 13.2 Å². The van der Waals surface area contributed by atoms with Gasteiger partial charge in [0.05, 0.1) is 22.0 Å². The maximum absolute atomic E-state index is 13.1. The Kier molecular flexibility index (Phi) is 5.37. The zero-order chi connectivity index (χ0) is 21.5. The fourth-order valence-electron chi connectivity index (χ4n) is 3.39. The summed E-state index contributed by atoms with van der Waals surface area (Å²) in [6, 6.07) is 11.7. The molecule has 1 atom stereocenters. The Morgan fingerprint density at radius 1 is 1.13 bits per heavy atom. The molecule has 10 heteroatoms. The monoisotopic (exact) mass is 456 g/mol. The number of benzene rings is 2. The highest BCUT2D eigenvalue weighted by molar-refractivity contribution is 7.89. The van der Waals surface area contributed by atoms with Crippen LogP contribution in [-0.2, 0) is 16.2 Å². The maximum atomic E-state index is 13.1. The quantitative estimate of drug-likeness (QED) is 0.568. The molecular formula is C20H16ClF3N2O3S.